The highest BCUT2D eigenvalue weighted by Crippen LogP contribution is 2.24. The van der Waals surface area contributed by atoms with E-state index in [1.807, 2.05) is 0 Å². The van der Waals surface area contributed by atoms with Gasteiger partial charge in [-0.2, -0.15) is 0 Å². The molecule has 1 atom stereocenters. The Morgan fingerprint density at radius 2 is 1.93 bits per heavy atom. The summed E-state index contributed by atoms with van der Waals surface area (Å²) in [5, 5.41) is 6.52. The number of rotatable bonds is 6. The molecule has 1 aliphatic carbocycles. The molecule has 1 heterocycles. The van der Waals surface area contributed by atoms with Gasteiger partial charge in [-0.3, -0.25) is 4.79 Å². The highest BCUT2D eigenvalue weighted by atomic mass is 32.2. The van der Waals surface area contributed by atoms with Crippen LogP contribution in [0.3, 0.4) is 0 Å². The number of hydrogen-bond acceptors (Lipinski definition) is 5. The second-order valence-electron chi connectivity index (χ2n) is 6.76. The first-order chi connectivity index (χ1) is 13.4. The Labute approximate surface area is 161 Å². The zero-order valence-electron chi connectivity index (χ0n) is 14.8. The van der Waals surface area contributed by atoms with Gasteiger partial charge in [0.2, 0.25) is 16.1 Å². The number of carbonyl (C=O) groups excluding carboxylic acids is 1. The van der Waals surface area contributed by atoms with Crippen molar-refractivity contribution in [2.75, 3.05) is 5.32 Å². The molecule has 2 aromatic rings. The van der Waals surface area contributed by atoms with Crippen molar-refractivity contribution in [1.29, 1.82) is 0 Å². The summed E-state index contributed by atoms with van der Waals surface area (Å²) in [5.41, 5.74) is 1.37. The quantitative estimate of drug-likeness (QED) is 0.774. The average molecular weight is 403 g/mol. The van der Waals surface area contributed by atoms with Gasteiger partial charge in [-0.1, -0.05) is 23.4 Å². The molecule has 146 valence electrons. The van der Waals surface area contributed by atoms with Crippen LogP contribution in [0.4, 0.5) is 10.1 Å². The number of carbonyl (C=O) groups is 1. The molecular formula is C19H18FN3O4S. The predicted molar refractivity (Wildman–Crippen MR) is 101 cm³/mol. The van der Waals surface area contributed by atoms with Crippen LogP contribution in [0.5, 0.6) is 0 Å². The molecule has 1 aliphatic heterocycles. The molecule has 0 saturated heterocycles. The van der Waals surface area contributed by atoms with Crippen molar-refractivity contribution >= 4 is 27.3 Å². The van der Waals surface area contributed by atoms with Crippen LogP contribution in [0, 0.1) is 5.82 Å². The number of amides is 1. The Bertz CT molecular complexity index is 1050. The first-order valence-corrected chi connectivity index (χ1v) is 10.3. The molecule has 0 radical (unpaired) electrons. The minimum atomic E-state index is -3.61. The van der Waals surface area contributed by atoms with E-state index in [0.29, 0.717) is 17.0 Å². The van der Waals surface area contributed by atoms with E-state index in [9.17, 15) is 17.6 Å². The van der Waals surface area contributed by atoms with Gasteiger partial charge in [-0.25, -0.2) is 17.5 Å². The fourth-order valence-electron chi connectivity index (χ4n) is 2.81. The number of oxime groups is 1. The molecule has 1 amide bonds. The van der Waals surface area contributed by atoms with Gasteiger partial charge >= 0.3 is 0 Å². The van der Waals surface area contributed by atoms with Crippen LogP contribution in [-0.2, 0) is 19.7 Å². The number of nitrogens with one attached hydrogen (secondary N) is 2. The van der Waals surface area contributed by atoms with Gasteiger partial charge in [0.25, 0.3) is 5.91 Å². The summed E-state index contributed by atoms with van der Waals surface area (Å²) in [6, 6.07) is 11.9. The van der Waals surface area contributed by atoms with Gasteiger partial charge < -0.3 is 10.2 Å². The number of anilines is 1. The normalized spacial score (nSPS) is 19.0. The zero-order chi connectivity index (χ0) is 19.7. The number of benzene rings is 2. The molecular weight excluding hydrogens is 385 g/mol. The SMILES string of the molecule is O=C(Nc1cccc(S(=O)(=O)NC2CC2)c1)C1CC(c2cccc(F)c2)=NO1. The van der Waals surface area contributed by atoms with Crippen LogP contribution < -0.4 is 10.0 Å². The van der Waals surface area contributed by atoms with Crippen LogP contribution >= 0.6 is 0 Å². The fraction of sp³-hybridized carbons (Fsp3) is 0.263. The molecule has 1 unspecified atom stereocenters. The van der Waals surface area contributed by atoms with Crippen molar-refractivity contribution in [1.82, 2.24) is 4.72 Å². The van der Waals surface area contributed by atoms with Crippen molar-refractivity contribution in [2.45, 2.75) is 36.3 Å². The van der Waals surface area contributed by atoms with Gasteiger partial charge in [-0.05, 0) is 43.2 Å². The maximum absolute atomic E-state index is 13.4. The fourth-order valence-corrected chi connectivity index (χ4v) is 4.16. The molecule has 2 aromatic carbocycles. The van der Waals surface area contributed by atoms with Crippen LogP contribution in [0.25, 0.3) is 0 Å². The van der Waals surface area contributed by atoms with Crippen LogP contribution in [0.1, 0.15) is 24.8 Å². The van der Waals surface area contributed by atoms with Crippen LogP contribution in [0.2, 0.25) is 0 Å². The zero-order valence-corrected chi connectivity index (χ0v) is 15.6. The molecule has 28 heavy (non-hydrogen) atoms. The van der Waals surface area contributed by atoms with E-state index in [-0.39, 0.29) is 17.4 Å². The summed E-state index contributed by atoms with van der Waals surface area (Å²) < 4.78 is 40.6. The van der Waals surface area contributed by atoms with E-state index in [2.05, 4.69) is 15.2 Å². The largest absolute Gasteiger partial charge is 0.382 e. The van der Waals surface area contributed by atoms with Crippen molar-refractivity contribution in [3.8, 4) is 0 Å². The lowest BCUT2D eigenvalue weighted by Crippen LogP contribution is -2.28. The van der Waals surface area contributed by atoms with Gasteiger partial charge in [0.05, 0.1) is 10.6 Å². The van der Waals surface area contributed by atoms with Gasteiger partial charge in [-0.15, -0.1) is 0 Å². The molecule has 7 nitrogen and oxygen atoms in total. The smallest absolute Gasteiger partial charge is 0.268 e. The molecule has 9 heteroatoms. The highest BCUT2D eigenvalue weighted by Gasteiger charge is 2.30. The first kappa shape index (κ1) is 18.6. The number of halogens is 1. The van der Waals surface area contributed by atoms with E-state index < -0.39 is 27.9 Å². The van der Waals surface area contributed by atoms with Crippen molar-refractivity contribution in [2.24, 2.45) is 5.16 Å². The topological polar surface area (TPSA) is 96.9 Å². The molecule has 1 fully saturated rings. The Balaban J connectivity index is 1.41. The lowest BCUT2D eigenvalue weighted by Gasteiger charge is -2.11. The van der Waals surface area contributed by atoms with Crippen molar-refractivity contribution in [3.05, 3.63) is 59.9 Å². The summed E-state index contributed by atoms with van der Waals surface area (Å²) in [4.78, 5) is 17.7. The van der Waals surface area contributed by atoms with Crippen molar-refractivity contribution < 1.29 is 22.4 Å². The lowest BCUT2D eigenvalue weighted by atomic mass is 10.0. The Hall–Kier alpha value is -2.78. The van der Waals surface area contributed by atoms with Crippen molar-refractivity contribution in [3.63, 3.8) is 0 Å². The van der Waals surface area contributed by atoms with E-state index in [1.165, 1.54) is 24.3 Å². The summed E-state index contributed by atoms with van der Waals surface area (Å²) >= 11 is 0. The monoisotopic (exact) mass is 403 g/mol. The highest BCUT2D eigenvalue weighted by molar-refractivity contribution is 7.89. The molecule has 2 N–H and O–H groups in total. The van der Waals surface area contributed by atoms with E-state index in [0.717, 1.165) is 12.8 Å². The molecule has 4 rings (SSSR count). The Kier molecular flexibility index (Phi) is 4.86. The molecule has 1 saturated carbocycles. The third kappa shape index (κ3) is 4.20. The third-order valence-corrected chi connectivity index (χ3v) is 5.95. The third-order valence-electron chi connectivity index (χ3n) is 4.43. The Morgan fingerprint density at radius 1 is 1.14 bits per heavy atom. The number of sulfonamides is 1. The predicted octanol–water partition coefficient (Wildman–Crippen LogP) is 2.40. The van der Waals surface area contributed by atoms with Crippen LogP contribution in [0.15, 0.2) is 58.6 Å². The summed E-state index contributed by atoms with van der Waals surface area (Å²) in [6.07, 6.45) is 0.990. The lowest BCUT2D eigenvalue weighted by molar-refractivity contribution is -0.125. The summed E-state index contributed by atoms with van der Waals surface area (Å²) in [7, 11) is -3.61. The molecule has 0 spiro atoms. The van der Waals surface area contributed by atoms with E-state index in [1.54, 1.807) is 24.3 Å². The molecule has 0 aromatic heterocycles. The van der Waals surface area contributed by atoms with Gasteiger partial charge in [0, 0.05) is 23.7 Å². The van der Waals surface area contributed by atoms with E-state index in [4.69, 9.17) is 4.84 Å². The Morgan fingerprint density at radius 3 is 2.68 bits per heavy atom. The van der Waals surface area contributed by atoms with Crippen LogP contribution in [-0.4, -0.2) is 32.2 Å². The minimum Gasteiger partial charge on any atom is -0.382 e. The van der Waals surface area contributed by atoms with E-state index >= 15 is 0 Å². The summed E-state index contributed by atoms with van der Waals surface area (Å²) in [6.45, 7) is 0. The summed E-state index contributed by atoms with van der Waals surface area (Å²) in [5.74, 6) is -0.856. The maximum atomic E-state index is 13.4. The number of nitrogens with zero attached hydrogens (tertiary/aromatic N) is 1. The van der Waals surface area contributed by atoms with Gasteiger partial charge in [0.15, 0.2) is 0 Å². The average Bonchev–Trinajstić information content (AvgIpc) is 3.32. The molecule has 0 bridgehead atoms. The minimum absolute atomic E-state index is 0.00599. The molecule has 2 aliphatic rings. The standard InChI is InChI=1S/C19H18FN3O4S/c20-13-4-1-3-12(9-13)17-11-18(27-22-17)19(24)21-15-5-2-6-16(10-15)28(25,26)23-14-7-8-14/h1-6,9-10,14,18,23H,7-8,11H2,(H,21,24). The maximum Gasteiger partial charge on any atom is 0.268 e. The van der Waals surface area contributed by atoms with Gasteiger partial charge in [0.1, 0.15) is 5.82 Å². The first-order valence-electron chi connectivity index (χ1n) is 8.82. The number of hydrogen-bond donors (Lipinski definition) is 2. The second kappa shape index (κ2) is 7.33. The second-order valence-corrected chi connectivity index (χ2v) is 8.47.